The Kier molecular flexibility index (Phi) is 5.30. The van der Waals surface area contributed by atoms with Gasteiger partial charge in [-0.1, -0.05) is 26.2 Å². The lowest BCUT2D eigenvalue weighted by atomic mass is 9.91. The molecule has 1 aliphatic carbocycles. The van der Waals surface area contributed by atoms with Crippen LogP contribution in [0.1, 0.15) is 65.2 Å². The van der Waals surface area contributed by atoms with Crippen LogP contribution in [-0.2, 0) is 4.74 Å². The molecule has 2 heteroatoms. The molecule has 1 saturated heterocycles. The molecular weight excluding hydrogens is 210 g/mol. The van der Waals surface area contributed by atoms with E-state index in [0.717, 1.165) is 18.5 Å². The quantitative estimate of drug-likeness (QED) is 0.758. The van der Waals surface area contributed by atoms with Gasteiger partial charge in [0, 0.05) is 6.04 Å². The van der Waals surface area contributed by atoms with Gasteiger partial charge in [0.2, 0.25) is 0 Å². The van der Waals surface area contributed by atoms with Crippen molar-refractivity contribution < 1.29 is 4.74 Å². The van der Waals surface area contributed by atoms with Gasteiger partial charge in [0.15, 0.2) is 0 Å². The molecule has 1 N–H and O–H groups in total. The van der Waals surface area contributed by atoms with E-state index in [-0.39, 0.29) is 0 Å². The molecule has 2 rings (SSSR count). The number of hydrogen-bond acceptors (Lipinski definition) is 2. The first-order valence-electron chi connectivity index (χ1n) is 7.66. The molecule has 2 aliphatic rings. The Bertz CT molecular complexity index is 219. The summed E-state index contributed by atoms with van der Waals surface area (Å²) >= 11 is 0. The highest BCUT2D eigenvalue weighted by Crippen LogP contribution is 2.31. The third-order valence-corrected chi connectivity index (χ3v) is 4.44. The second-order valence-corrected chi connectivity index (χ2v) is 6.02. The highest BCUT2D eigenvalue weighted by Gasteiger charge is 2.27. The maximum atomic E-state index is 5.98. The molecule has 2 fully saturated rings. The van der Waals surface area contributed by atoms with Crippen molar-refractivity contribution in [1.29, 1.82) is 0 Å². The van der Waals surface area contributed by atoms with E-state index in [9.17, 15) is 0 Å². The van der Waals surface area contributed by atoms with Gasteiger partial charge in [0.25, 0.3) is 0 Å². The predicted molar refractivity (Wildman–Crippen MR) is 72.2 cm³/mol. The van der Waals surface area contributed by atoms with Crippen molar-refractivity contribution in [3.8, 4) is 0 Å². The normalized spacial score (nSPS) is 39.2. The van der Waals surface area contributed by atoms with Crippen LogP contribution >= 0.6 is 0 Å². The van der Waals surface area contributed by atoms with Crippen LogP contribution in [0.3, 0.4) is 0 Å². The molecule has 0 bridgehead atoms. The molecule has 17 heavy (non-hydrogen) atoms. The van der Waals surface area contributed by atoms with E-state index in [0.29, 0.717) is 12.2 Å². The van der Waals surface area contributed by atoms with Gasteiger partial charge in [-0.3, -0.25) is 0 Å². The standard InChI is InChI=1S/C15H29NO/c1-3-16-14-7-5-4-6-13(10-14)11-15-9-8-12(2)17-15/h12-16H,3-11H2,1-2H3. The molecule has 0 aromatic heterocycles. The van der Waals surface area contributed by atoms with Crippen LogP contribution in [0.5, 0.6) is 0 Å². The van der Waals surface area contributed by atoms with Gasteiger partial charge < -0.3 is 10.1 Å². The van der Waals surface area contributed by atoms with Crippen molar-refractivity contribution >= 4 is 0 Å². The molecule has 1 saturated carbocycles. The van der Waals surface area contributed by atoms with E-state index in [1.165, 1.54) is 51.4 Å². The van der Waals surface area contributed by atoms with Gasteiger partial charge in [0.05, 0.1) is 12.2 Å². The predicted octanol–water partition coefficient (Wildman–Crippen LogP) is 3.50. The van der Waals surface area contributed by atoms with Gasteiger partial charge in [-0.25, -0.2) is 0 Å². The first-order valence-corrected chi connectivity index (χ1v) is 7.66. The van der Waals surface area contributed by atoms with Crippen molar-refractivity contribution in [3.05, 3.63) is 0 Å². The van der Waals surface area contributed by atoms with Crippen molar-refractivity contribution in [1.82, 2.24) is 5.32 Å². The summed E-state index contributed by atoms with van der Waals surface area (Å²) in [5.74, 6) is 0.900. The molecule has 0 radical (unpaired) electrons. The van der Waals surface area contributed by atoms with E-state index in [1.54, 1.807) is 0 Å². The molecule has 100 valence electrons. The summed E-state index contributed by atoms with van der Waals surface area (Å²) in [5.41, 5.74) is 0. The fourth-order valence-corrected chi connectivity index (χ4v) is 3.58. The Balaban J connectivity index is 1.78. The fraction of sp³-hybridized carbons (Fsp3) is 1.00. The first-order chi connectivity index (χ1) is 8.28. The molecule has 0 aromatic carbocycles. The molecular formula is C15H29NO. The van der Waals surface area contributed by atoms with Crippen LogP contribution in [0.25, 0.3) is 0 Å². The summed E-state index contributed by atoms with van der Waals surface area (Å²) < 4.78 is 5.98. The van der Waals surface area contributed by atoms with E-state index in [1.807, 2.05) is 0 Å². The Hall–Kier alpha value is -0.0800. The largest absolute Gasteiger partial charge is 0.375 e. The zero-order chi connectivity index (χ0) is 12.1. The highest BCUT2D eigenvalue weighted by atomic mass is 16.5. The van der Waals surface area contributed by atoms with Gasteiger partial charge in [-0.2, -0.15) is 0 Å². The van der Waals surface area contributed by atoms with Crippen molar-refractivity contribution in [3.63, 3.8) is 0 Å². The van der Waals surface area contributed by atoms with Crippen LogP contribution in [0, 0.1) is 5.92 Å². The van der Waals surface area contributed by atoms with E-state index in [4.69, 9.17) is 4.74 Å². The van der Waals surface area contributed by atoms with Gasteiger partial charge in [-0.05, 0) is 51.5 Å². The van der Waals surface area contributed by atoms with Crippen LogP contribution < -0.4 is 5.32 Å². The summed E-state index contributed by atoms with van der Waals surface area (Å²) in [5, 5.41) is 3.65. The highest BCUT2D eigenvalue weighted by molar-refractivity contribution is 4.80. The minimum absolute atomic E-state index is 0.510. The van der Waals surface area contributed by atoms with Crippen molar-refractivity contribution in [2.24, 2.45) is 5.92 Å². The van der Waals surface area contributed by atoms with E-state index < -0.39 is 0 Å². The summed E-state index contributed by atoms with van der Waals surface area (Å²) in [4.78, 5) is 0. The molecule has 1 heterocycles. The number of ether oxygens (including phenoxy) is 1. The van der Waals surface area contributed by atoms with Crippen molar-refractivity contribution in [2.75, 3.05) is 6.54 Å². The van der Waals surface area contributed by atoms with Gasteiger partial charge in [0.1, 0.15) is 0 Å². The summed E-state index contributed by atoms with van der Waals surface area (Å²) in [6.45, 7) is 5.56. The Morgan fingerprint density at radius 1 is 1.12 bits per heavy atom. The van der Waals surface area contributed by atoms with Gasteiger partial charge >= 0.3 is 0 Å². The Labute approximate surface area is 107 Å². The third-order valence-electron chi connectivity index (χ3n) is 4.44. The average molecular weight is 239 g/mol. The molecule has 4 atom stereocenters. The second-order valence-electron chi connectivity index (χ2n) is 6.02. The number of hydrogen-bond donors (Lipinski definition) is 1. The molecule has 4 unspecified atom stereocenters. The lowest BCUT2D eigenvalue weighted by molar-refractivity contribution is 0.0386. The molecule has 2 nitrogen and oxygen atoms in total. The molecule has 0 aromatic rings. The second kappa shape index (κ2) is 6.75. The lowest BCUT2D eigenvalue weighted by Gasteiger charge is -2.23. The average Bonchev–Trinajstić information content (AvgIpc) is 2.58. The monoisotopic (exact) mass is 239 g/mol. The molecule has 0 amide bonds. The van der Waals surface area contributed by atoms with Crippen LogP contribution in [0.2, 0.25) is 0 Å². The van der Waals surface area contributed by atoms with Crippen LogP contribution in [0.4, 0.5) is 0 Å². The van der Waals surface area contributed by atoms with Gasteiger partial charge in [-0.15, -0.1) is 0 Å². The number of nitrogens with one attached hydrogen (secondary N) is 1. The Morgan fingerprint density at radius 2 is 1.94 bits per heavy atom. The lowest BCUT2D eigenvalue weighted by Crippen LogP contribution is -2.30. The zero-order valence-electron chi connectivity index (χ0n) is 11.6. The van der Waals surface area contributed by atoms with E-state index >= 15 is 0 Å². The molecule has 0 spiro atoms. The Morgan fingerprint density at radius 3 is 2.65 bits per heavy atom. The summed E-state index contributed by atoms with van der Waals surface area (Å²) in [7, 11) is 0. The maximum Gasteiger partial charge on any atom is 0.0582 e. The maximum absolute atomic E-state index is 5.98. The summed E-state index contributed by atoms with van der Waals surface area (Å²) in [6, 6.07) is 0.770. The first kappa shape index (κ1) is 13.4. The SMILES string of the molecule is CCNC1CCCCC(CC2CCC(C)O2)C1. The van der Waals surface area contributed by atoms with E-state index in [2.05, 4.69) is 19.2 Å². The zero-order valence-corrected chi connectivity index (χ0v) is 11.6. The van der Waals surface area contributed by atoms with Crippen LogP contribution in [-0.4, -0.2) is 24.8 Å². The number of rotatable bonds is 4. The van der Waals surface area contributed by atoms with Crippen molar-refractivity contribution in [2.45, 2.75) is 83.5 Å². The third kappa shape index (κ3) is 4.26. The molecule has 1 aliphatic heterocycles. The van der Waals surface area contributed by atoms with Crippen LogP contribution in [0.15, 0.2) is 0 Å². The minimum Gasteiger partial charge on any atom is -0.375 e. The topological polar surface area (TPSA) is 21.3 Å². The summed E-state index contributed by atoms with van der Waals surface area (Å²) in [6.07, 6.45) is 12.0. The smallest absolute Gasteiger partial charge is 0.0582 e. The fourth-order valence-electron chi connectivity index (χ4n) is 3.58. The minimum atomic E-state index is 0.510.